The molecule has 0 amide bonds. The normalized spacial score (nSPS) is 14.9. The van der Waals surface area contributed by atoms with Gasteiger partial charge in [0.1, 0.15) is 23.0 Å². The molecular weight excluding hydrogens is 780 g/mol. The first-order chi connectivity index (χ1) is 28.4. The molecule has 0 bridgehead atoms. The molecule has 1 unspecified atom stereocenters. The van der Waals surface area contributed by atoms with Gasteiger partial charge >= 0.3 is 8.60 Å². The zero-order valence-electron chi connectivity index (χ0n) is 42.9. The number of benzene rings is 4. The Morgan fingerprint density at radius 3 is 1.32 bits per heavy atom. The molecule has 5 heteroatoms. The first-order valence-corrected chi connectivity index (χ1v) is 24.7. The van der Waals surface area contributed by atoms with Crippen molar-refractivity contribution in [3.63, 3.8) is 0 Å². The van der Waals surface area contributed by atoms with E-state index in [2.05, 4.69) is 194 Å². The van der Waals surface area contributed by atoms with E-state index in [9.17, 15) is 5.11 Å². The van der Waals surface area contributed by atoms with Crippen molar-refractivity contribution in [2.75, 3.05) is 0 Å². The summed E-state index contributed by atoms with van der Waals surface area (Å²) < 4.78 is 22.3. The van der Waals surface area contributed by atoms with Crippen LogP contribution in [0.5, 0.6) is 23.0 Å². The van der Waals surface area contributed by atoms with Crippen molar-refractivity contribution < 1.29 is 18.7 Å². The van der Waals surface area contributed by atoms with Crippen molar-refractivity contribution in [2.24, 2.45) is 0 Å². The largest absolute Gasteiger partial charge is 0.530 e. The summed E-state index contributed by atoms with van der Waals surface area (Å²) in [6.45, 7) is 47.7. The summed E-state index contributed by atoms with van der Waals surface area (Å²) in [5.74, 6) is 2.65. The van der Waals surface area contributed by atoms with Gasteiger partial charge in [0.25, 0.3) is 0 Å². The van der Waals surface area contributed by atoms with Gasteiger partial charge in [0.05, 0.1) is 0 Å². The summed E-state index contributed by atoms with van der Waals surface area (Å²) in [6.07, 6.45) is 4.46. The molecule has 1 N–H and O–H groups in total. The van der Waals surface area contributed by atoms with Crippen molar-refractivity contribution in [1.29, 1.82) is 0 Å². The van der Waals surface area contributed by atoms with Crippen LogP contribution in [0, 0.1) is 13.8 Å². The Balaban J connectivity index is 1.91. The van der Waals surface area contributed by atoms with Crippen molar-refractivity contribution in [3.05, 3.63) is 115 Å². The predicted molar refractivity (Wildman–Crippen MR) is 267 cm³/mol. The summed E-state index contributed by atoms with van der Waals surface area (Å²) in [5.41, 5.74) is 12.6. The molecule has 1 aliphatic rings. The summed E-state index contributed by atoms with van der Waals surface area (Å²) in [6, 6.07) is 18.4. The highest BCUT2D eigenvalue weighted by atomic mass is 31.2. The van der Waals surface area contributed by atoms with Crippen LogP contribution < -0.4 is 13.6 Å². The van der Waals surface area contributed by atoms with Crippen molar-refractivity contribution >= 4 is 8.60 Å². The molecule has 62 heavy (non-hydrogen) atoms. The van der Waals surface area contributed by atoms with E-state index in [-0.39, 0.29) is 38.4 Å². The monoisotopic (exact) mass is 863 g/mol. The minimum Gasteiger partial charge on any atom is -0.507 e. The quantitative estimate of drug-likeness (QED) is 0.144. The molecule has 4 aromatic rings. The van der Waals surface area contributed by atoms with Crippen LogP contribution >= 0.6 is 8.60 Å². The Hall–Kier alpha value is -3.49. The Labute approximate surface area is 380 Å². The minimum absolute atomic E-state index is 0.0851. The molecule has 1 atom stereocenters. The molecule has 0 saturated carbocycles. The van der Waals surface area contributed by atoms with Gasteiger partial charge in [-0.1, -0.05) is 191 Å². The Kier molecular flexibility index (Phi) is 14.0. The SMILES string of the molecule is CCC(C)(C)c1cc(C(C)c2cc(C(C)(C)CC)cc(C(C)(C)CC)c2OP2Oc3c(cc(C)cc3C(C)(C)C)Cc3cc(C)cc(C(C)(C)C)c3O2)c(O)c(C(C)(C)CC)c1. The minimum atomic E-state index is -2.06. The third kappa shape index (κ3) is 9.92. The zero-order valence-corrected chi connectivity index (χ0v) is 43.7. The third-order valence-corrected chi connectivity index (χ3v) is 15.9. The maximum absolute atomic E-state index is 12.6. The second-order valence-corrected chi connectivity index (χ2v) is 24.3. The van der Waals surface area contributed by atoms with E-state index in [1.165, 1.54) is 22.3 Å². The van der Waals surface area contributed by atoms with Crippen LogP contribution in [0.25, 0.3) is 0 Å². The number of aromatic hydroxyl groups is 1. The molecular formula is C57H83O4P. The number of phenols is 1. The third-order valence-electron chi connectivity index (χ3n) is 14.9. The average Bonchev–Trinajstić information content (AvgIpc) is 3.17. The highest BCUT2D eigenvalue weighted by Crippen LogP contribution is 2.56. The van der Waals surface area contributed by atoms with Gasteiger partial charge in [-0.05, 0) is 94.3 Å². The van der Waals surface area contributed by atoms with Gasteiger partial charge in [-0.25, -0.2) is 0 Å². The van der Waals surface area contributed by atoms with E-state index in [0.29, 0.717) is 12.2 Å². The van der Waals surface area contributed by atoms with Gasteiger partial charge in [0.2, 0.25) is 0 Å². The average molecular weight is 863 g/mol. The van der Waals surface area contributed by atoms with Gasteiger partial charge in [-0.2, -0.15) is 0 Å². The lowest BCUT2D eigenvalue weighted by Crippen LogP contribution is -2.24. The maximum atomic E-state index is 12.6. The molecule has 0 spiro atoms. The van der Waals surface area contributed by atoms with E-state index in [4.69, 9.17) is 13.6 Å². The number of hydrogen-bond acceptors (Lipinski definition) is 4. The number of hydrogen-bond donors (Lipinski definition) is 1. The smallest absolute Gasteiger partial charge is 0.507 e. The van der Waals surface area contributed by atoms with Crippen LogP contribution in [-0.4, -0.2) is 5.11 Å². The van der Waals surface area contributed by atoms with Gasteiger partial charge in [-0.3, -0.25) is 0 Å². The first kappa shape index (κ1) is 49.5. The summed E-state index contributed by atoms with van der Waals surface area (Å²) in [5, 5.41) is 12.6. The van der Waals surface area contributed by atoms with E-state index in [0.717, 1.165) is 87.4 Å². The molecule has 0 saturated heterocycles. The summed E-state index contributed by atoms with van der Waals surface area (Å²) in [4.78, 5) is 0. The lowest BCUT2D eigenvalue weighted by Gasteiger charge is -2.36. The molecule has 340 valence electrons. The number of rotatable bonds is 12. The lowest BCUT2D eigenvalue weighted by molar-refractivity contribution is 0.361. The highest BCUT2D eigenvalue weighted by molar-refractivity contribution is 7.43. The highest BCUT2D eigenvalue weighted by Gasteiger charge is 2.39. The molecule has 4 nitrogen and oxygen atoms in total. The fourth-order valence-electron chi connectivity index (χ4n) is 8.59. The predicted octanol–water partition coefficient (Wildman–Crippen LogP) is 17.2. The number of fused-ring (bicyclic) bond motifs is 2. The topological polar surface area (TPSA) is 47.9 Å². The van der Waals surface area contributed by atoms with E-state index in [1.807, 2.05) is 0 Å². The van der Waals surface area contributed by atoms with Gasteiger partial charge in [0.15, 0.2) is 0 Å². The molecule has 0 aromatic heterocycles. The van der Waals surface area contributed by atoms with E-state index < -0.39 is 8.60 Å². The van der Waals surface area contributed by atoms with Crippen molar-refractivity contribution in [1.82, 2.24) is 0 Å². The molecule has 1 aliphatic heterocycles. The zero-order chi connectivity index (χ0) is 46.7. The second kappa shape index (κ2) is 17.5. The van der Waals surface area contributed by atoms with E-state index >= 15 is 0 Å². The van der Waals surface area contributed by atoms with Crippen LogP contribution in [0.1, 0.15) is 230 Å². The van der Waals surface area contributed by atoms with Gasteiger partial charge in [0, 0.05) is 45.7 Å². The molecule has 5 rings (SSSR count). The maximum Gasteiger partial charge on any atom is 0.530 e. The second-order valence-electron chi connectivity index (χ2n) is 23.4. The number of aryl methyl sites for hydroxylation is 2. The van der Waals surface area contributed by atoms with E-state index in [1.54, 1.807) is 0 Å². The summed E-state index contributed by atoms with van der Waals surface area (Å²) in [7, 11) is -2.06. The van der Waals surface area contributed by atoms with Crippen LogP contribution in [0.2, 0.25) is 0 Å². The molecule has 0 fully saturated rings. The molecule has 0 aliphatic carbocycles. The van der Waals surface area contributed by atoms with Crippen molar-refractivity contribution in [3.8, 4) is 23.0 Å². The van der Waals surface area contributed by atoms with Gasteiger partial charge < -0.3 is 18.7 Å². The molecule has 1 heterocycles. The molecule has 0 radical (unpaired) electrons. The molecule has 4 aromatic carbocycles. The standard InChI is InChI=1S/C57H83O4P/c1-22-54(14,15)40-31-42(48(58)44(33-40)56(18,19)24-3)37(7)43-32-41(55(16,17)23-2)34-47(57(20,21)25-4)51(43)61-62-59-49-38(26-35(5)28-45(49)52(8,9)10)30-39-27-36(6)29-46(50(39)60-62)53(11,12)13/h26-29,31-34,37,58H,22-25,30H2,1-21H3. The fourth-order valence-corrected chi connectivity index (χ4v) is 9.79. The number of phenolic OH excluding ortho intramolecular Hbond substituents is 1. The van der Waals surface area contributed by atoms with Crippen LogP contribution in [0.3, 0.4) is 0 Å². The fraction of sp³-hybridized carbons (Fsp3) is 0.579. The van der Waals surface area contributed by atoms with Crippen LogP contribution in [0.4, 0.5) is 0 Å². The Morgan fingerprint density at radius 2 is 0.919 bits per heavy atom. The Bertz CT molecular complexity index is 2200. The van der Waals surface area contributed by atoms with Gasteiger partial charge in [-0.15, -0.1) is 0 Å². The van der Waals surface area contributed by atoms with Crippen LogP contribution in [0.15, 0.2) is 48.5 Å². The summed E-state index contributed by atoms with van der Waals surface area (Å²) >= 11 is 0. The lowest BCUT2D eigenvalue weighted by atomic mass is 9.72. The van der Waals surface area contributed by atoms with Crippen molar-refractivity contribution in [2.45, 2.75) is 216 Å². The van der Waals surface area contributed by atoms with Crippen LogP contribution in [-0.2, 0) is 38.9 Å². The first-order valence-electron chi connectivity index (χ1n) is 23.6. The Morgan fingerprint density at radius 1 is 0.532 bits per heavy atom.